The van der Waals surface area contributed by atoms with E-state index in [2.05, 4.69) is 36.0 Å². The highest BCUT2D eigenvalue weighted by atomic mass is 16.5. The molecule has 0 saturated carbocycles. The van der Waals surface area contributed by atoms with Crippen molar-refractivity contribution < 1.29 is 9.47 Å². The minimum absolute atomic E-state index is 0.0633. The van der Waals surface area contributed by atoms with Gasteiger partial charge in [0.1, 0.15) is 0 Å². The van der Waals surface area contributed by atoms with Gasteiger partial charge in [-0.3, -0.25) is 0 Å². The molecule has 0 amide bonds. The molecule has 2 rings (SSSR count). The Morgan fingerprint density at radius 3 is 2.83 bits per heavy atom. The van der Waals surface area contributed by atoms with Gasteiger partial charge in [-0.05, 0) is 36.8 Å². The molecule has 1 aromatic rings. The lowest BCUT2D eigenvalue weighted by molar-refractivity contribution is -0.0221. The number of benzene rings is 1. The lowest BCUT2D eigenvalue weighted by atomic mass is 10.0. The van der Waals surface area contributed by atoms with E-state index in [0.717, 1.165) is 32.1 Å². The smallest absolute Gasteiger partial charge is 0.0717 e. The average Bonchev–Trinajstić information content (AvgIpc) is 3.05. The first kappa shape index (κ1) is 18.8. The summed E-state index contributed by atoms with van der Waals surface area (Å²) < 4.78 is 12.0. The first-order valence-electron chi connectivity index (χ1n) is 9.04. The van der Waals surface area contributed by atoms with Crippen molar-refractivity contribution in [3.63, 3.8) is 0 Å². The summed E-state index contributed by atoms with van der Waals surface area (Å²) in [7, 11) is 0. The van der Waals surface area contributed by atoms with E-state index < -0.39 is 0 Å². The predicted molar refractivity (Wildman–Crippen MR) is 95.6 cm³/mol. The van der Waals surface area contributed by atoms with Crippen LogP contribution in [0.3, 0.4) is 0 Å². The monoisotopic (exact) mass is 331 g/mol. The first-order chi connectivity index (χ1) is 11.7. The summed E-state index contributed by atoms with van der Waals surface area (Å²) in [6.45, 7) is 5.66. The maximum atomic E-state index is 8.67. The lowest BCUT2D eigenvalue weighted by Gasteiger charge is -2.21. The molecule has 24 heavy (non-hydrogen) atoms. The molecular formula is C19H29N3O2. The third-order valence-electron chi connectivity index (χ3n) is 4.64. The van der Waals surface area contributed by atoms with E-state index in [1.165, 1.54) is 5.56 Å². The SMILES string of the molecule is CCC[C@H](C[C@@H]1CC[C@H]([C@@H](C)COCc2ccccc2)O1)N=[N+]=[N-]. The first-order valence-corrected chi connectivity index (χ1v) is 9.04. The van der Waals surface area contributed by atoms with Crippen molar-refractivity contribution in [3.05, 3.63) is 46.3 Å². The highest BCUT2D eigenvalue weighted by Crippen LogP contribution is 2.29. The Hall–Kier alpha value is -1.55. The van der Waals surface area contributed by atoms with Gasteiger partial charge in [0.2, 0.25) is 0 Å². The molecule has 1 heterocycles. The second-order valence-electron chi connectivity index (χ2n) is 6.74. The molecule has 0 unspecified atom stereocenters. The Kier molecular flexibility index (Phi) is 8.10. The molecule has 5 heteroatoms. The Balaban J connectivity index is 1.70. The Labute approximate surface area is 145 Å². The maximum absolute atomic E-state index is 8.67. The molecule has 0 N–H and O–H groups in total. The molecule has 0 spiro atoms. The van der Waals surface area contributed by atoms with Crippen molar-refractivity contribution >= 4 is 0 Å². The summed E-state index contributed by atoms with van der Waals surface area (Å²) in [6, 6.07) is 10.3. The molecule has 1 fully saturated rings. The summed E-state index contributed by atoms with van der Waals surface area (Å²) in [4.78, 5) is 2.97. The van der Waals surface area contributed by atoms with Crippen LogP contribution in [0.25, 0.3) is 10.4 Å². The fourth-order valence-electron chi connectivity index (χ4n) is 3.30. The zero-order valence-electron chi connectivity index (χ0n) is 14.8. The normalized spacial score (nSPS) is 22.8. The van der Waals surface area contributed by atoms with Gasteiger partial charge in [-0.15, -0.1) is 0 Å². The average molecular weight is 331 g/mol. The van der Waals surface area contributed by atoms with E-state index in [-0.39, 0.29) is 18.2 Å². The van der Waals surface area contributed by atoms with Crippen LogP contribution in [0.15, 0.2) is 35.4 Å². The van der Waals surface area contributed by atoms with Crippen LogP contribution in [0.1, 0.15) is 51.5 Å². The summed E-state index contributed by atoms with van der Waals surface area (Å²) in [5.41, 5.74) is 9.87. The molecule has 5 nitrogen and oxygen atoms in total. The molecule has 0 aliphatic carbocycles. The summed E-state index contributed by atoms with van der Waals surface area (Å²) in [5.74, 6) is 0.378. The van der Waals surface area contributed by atoms with E-state index >= 15 is 0 Å². The molecule has 1 aliphatic rings. The zero-order chi connectivity index (χ0) is 17.2. The number of azide groups is 1. The third-order valence-corrected chi connectivity index (χ3v) is 4.64. The van der Waals surface area contributed by atoms with Gasteiger partial charge < -0.3 is 9.47 Å². The van der Waals surface area contributed by atoms with Gasteiger partial charge in [-0.2, -0.15) is 0 Å². The van der Waals surface area contributed by atoms with Crippen molar-refractivity contribution in [3.8, 4) is 0 Å². The molecule has 132 valence electrons. The van der Waals surface area contributed by atoms with E-state index in [1.54, 1.807) is 0 Å². The largest absolute Gasteiger partial charge is 0.376 e. The highest BCUT2D eigenvalue weighted by molar-refractivity contribution is 5.13. The molecule has 4 atom stereocenters. The van der Waals surface area contributed by atoms with E-state index in [1.807, 2.05) is 18.2 Å². The van der Waals surface area contributed by atoms with Crippen LogP contribution >= 0.6 is 0 Å². The van der Waals surface area contributed by atoms with Crippen LogP contribution in [0.5, 0.6) is 0 Å². The standard InChI is InChI=1S/C19H29N3O2/c1-3-7-17(21-22-20)12-18-10-11-19(24-18)15(2)13-23-14-16-8-5-4-6-9-16/h4-6,8-9,15,17-19H,3,7,10-14H2,1-2H3/t15-,17+,18-,19+/m0/s1. The van der Waals surface area contributed by atoms with E-state index in [4.69, 9.17) is 15.0 Å². The van der Waals surface area contributed by atoms with Gasteiger partial charge >= 0.3 is 0 Å². The molecule has 1 aromatic carbocycles. The fourth-order valence-corrected chi connectivity index (χ4v) is 3.30. The second-order valence-corrected chi connectivity index (χ2v) is 6.74. The fraction of sp³-hybridized carbons (Fsp3) is 0.684. The van der Waals surface area contributed by atoms with E-state index in [0.29, 0.717) is 19.1 Å². The molecule has 0 bridgehead atoms. The van der Waals surface area contributed by atoms with Crippen LogP contribution in [0.4, 0.5) is 0 Å². The van der Waals surface area contributed by atoms with Crippen LogP contribution in [-0.4, -0.2) is 24.9 Å². The minimum atomic E-state index is 0.0633. The van der Waals surface area contributed by atoms with Gasteiger partial charge in [-0.1, -0.05) is 55.7 Å². The zero-order valence-corrected chi connectivity index (χ0v) is 14.8. The molecule has 1 aliphatic heterocycles. The topological polar surface area (TPSA) is 67.2 Å². The molecule has 0 radical (unpaired) electrons. The predicted octanol–water partition coefficient (Wildman–Crippen LogP) is 5.26. The number of ether oxygens (including phenoxy) is 2. The van der Waals surface area contributed by atoms with Gasteiger partial charge in [0.05, 0.1) is 25.4 Å². The molecule has 0 aromatic heterocycles. The molecular weight excluding hydrogens is 302 g/mol. The highest BCUT2D eigenvalue weighted by Gasteiger charge is 2.30. The minimum Gasteiger partial charge on any atom is -0.376 e. The third kappa shape index (κ3) is 6.16. The summed E-state index contributed by atoms with van der Waals surface area (Å²) in [5, 5.41) is 3.91. The van der Waals surface area contributed by atoms with Gasteiger partial charge in [-0.25, -0.2) is 0 Å². The number of hydrogen-bond donors (Lipinski definition) is 0. The Morgan fingerprint density at radius 2 is 2.12 bits per heavy atom. The van der Waals surface area contributed by atoms with Gasteiger partial charge in [0, 0.05) is 16.9 Å². The summed E-state index contributed by atoms with van der Waals surface area (Å²) >= 11 is 0. The van der Waals surface area contributed by atoms with Crippen LogP contribution in [-0.2, 0) is 16.1 Å². The number of nitrogens with zero attached hydrogens (tertiary/aromatic N) is 3. The van der Waals surface area contributed by atoms with Crippen molar-refractivity contribution in [2.24, 2.45) is 11.0 Å². The van der Waals surface area contributed by atoms with Crippen molar-refractivity contribution in [1.82, 2.24) is 0 Å². The Bertz CT molecular complexity index is 517. The van der Waals surface area contributed by atoms with Crippen LogP contribution in [0.2, 0.25) is 0 Å². The number of hydrogen-bond acceptors (Lipinski definition) is 3. The van der Waals surface area contributed by atoms with E-state index in [9.17, 15) is 0 Å². The Morgan fingerprint density at radius 1 is 1.33 bits per heavy atom. The van der Waals surface area contributed by atoms with Crippen molar-refractivity contribution in [1.29, 1.82) is 0 Å². The van der Waals surface area contributed by atoms with Crippen LogP contribution < -0.4 is 0 Å². The number of rotatable bonds is 10. The molecule has 1 saturated heterocycles. The summed E-state index contributed by atoms with van der Waals surface area (Å²) in [6.07, 6.45) is 5.39. The van der Waals surface area contributed by atoms with Crippen LogP contribution in [0, 0.1) is 5.92 Å². The van der Waals surface area contributed by atoms with Gasteiger partial charge in [0.25, 0.3) is 0 Å². The quantitative estimate of drug-likeness (QED) is 0.333. The van der Waals surface area contributed by atoms with Crippen molar-refractivity contribution in [2.75, 3.05) is 6.61 Å². The second kappa shape index (κ2) is 10.3. The van der Waals surface area contributed by atoms with Gasteiger partial charge in [0.15, 0.2) is 0 Å². The van der Waals surface area contributed by atoms with Crippen molar-refractivity contribution in [2.45, 2.75) is 70.8 Å². The lowest BCUT2D eigenvalue weighted by Crippen LogP contribution is -2.24. The maximum Gasteiger partial charge on any atom is 0.0717 e.